The van der Waals surface area contributed by atoms with Gasteiger partial charge in [-0.1, -0.05) is 58.7 Å². The molecule has 14 heavy (non-hydrogen) atoms. The molecule has 0 atom stereocenters. The molecule has 0 rings (SSSR count). The molecule has 0 aromatic rings. The van der Waals surface area contributed by atoms with Gasteiger partial charge in [0, 0.05) is 0 Å². The Kier molecular flexibility index (Phi) is 5.16. The average Bonchev–Trinajstić information content (AvgIpc) is 1.92. The lowest BCUT2D eigenvalue weighted by atomic mass is 10.3. The van der Waals surface area contributed by atoms with E-state index in [-0.39, 0.29) is 0 Å². The topological polar surface area (TPSA) is 3.24 Å². The third-order valence-electron chi connectivity index (χ3n) is 2.16. The van der Waals surface area contributed by atoms with E-state index in [0.717, 1.165) is 0 Å². The summed E-state index contributed by atoms with van der Waals surface area (Å²) in [6.07, 6.45) is 7.19. The summed E-state index contributed by atoms with van der Waals surface area (Å²) in [4.78, 5) is 0. The molecule has 0 aliphatic rings. The number of nitrogens with zero attached hydrogens (tertiary/aromatic N) is 1. The van der Waals surface area contributed by atoms with Crippen molar-refractivity contribution in [2.45, 2.75) is 59.0 Å². The summed E-state index contributed by atoms with van der Waals surface area (Å²) < 4.78 is 2.70. The molecule has 0 spiro atoms. The molecule has 84 valence electrons. The van der Waals surface area contributed by atoms with Crippen LogP contribution in [0.25, 0.3) is 0 Å². The van der Waals surface area contributed by atoms with Crippen molar-refractivity contribution < 1.29 is 0 Å². The van der Waals surface area contributed by atoms with E-state index in [9.17, 15) is 0 Å². The Morgan fingerprint density at radius 3 is 1.64 bits per heavy atom. The fourth-order valence-electron chi connectivity index (χ4n) is 1.80. The summed E-state index contributed by atoms with van der Waals surface area (Å²) in [6, 6.07) is 0. The maximum absolute atomic E-state index is 2.70. The van der Waals surface area contributed by atoms with E-state index in [1.165, 1.54) is 12.8 Å². The highest BCUT2D eigenvalue weighted by Gasteiger charge is 2.31. The number of rotatable bonds is 5. The van der Waals surface area contributed by atoms with Crippen LogP contribution in [-0.2, 0) is 0 Å². The fraction of sp³-hybridized carbons (Fsp3) is 0.818. The van der Waals surface area contributed by atoms with E-state index < -0.39 is 16.5 Å². The van der Waals surface area contributed by atoms with E-state index in [0.29, 0.717) is 0 Å². The second-order valence-electron chi connectivity index (χ2n) is 5.89. The van der Waals surface area contributed by atoms with Gasteiger partial charge >= 0.3 is 0 Å². The molecular weight excluding hydrogens is 202 g/mol. The summed E-state index contributed by atoms with van der Waals surface area (Å²) in [5.74, 6) is 0. The van der Waals surface area contributed by atoms with Crippen LogP contribution in [0.15, 0.2) is 12.3 Å². The minimum Gasteiger partial charge on any atom is -0.431 e. The van der Waals surface area contributed by atoms with Crippen molar-refractivity contribution in [3.05, 3.63) is 12.3 Å². The highest BCUT2D eigenvalue weighted by molar-refractivity contribution is 6.89. The molecule has 0 heterocycles. The Hall–Kier alpha value is -0.0262. The molecule has 0 aliphatic heterocycles. The summed E-state index contributed by atoms with van der Waals surface area (Å²) in [5.41, 5.74) is 0. The largest absolute Gasteiger partial charge is 0.431 e. The molecule has 0 aromatic heterocycles. The van der Waals surface area contributed by atoms with E-state index >= 15 is 0 Å². The minimum absolute atomic E-state index is 1.16. The van der Waals surface area contributed by atoms with Gasteiger partial charge < -0.3 is 4.23 Å². The van der Waals surface area contributed by atoms with Crippen molar-refractivity contribution in [2.24, 2.45) is 0 Å². The van der Waals surface area contributed by atoms with Crippen molar-refractivity contribution in [1.82, 2.24) is 4.23 Å². The maximum Gasteiger partial charge on any atom is 0.138 e. The smallest absolute Gasteiger partial charge is 0.138 e. The molecule has 3 heteroatoms. The maximum atomic E-state index is 2.70. The first-order chi connectivity index (χ1) is 6.19. The Labute approximate surface area is 92.4 Å². The van der Waals surface area contributed by atoms with Crippen LogP contribution in [0, 0.1) is 0 Å². The van der Waals surface area contributed by atoms with Gasteiger partial charge in [-0.2, -0.15) is 0 Å². The highest BCUT2D eigenvalue weighted by Crippen LogP contribution is 2.20. The molecule has 0 saturated carbocycles. The lowest BCUT2D eigenvalue weighted by molar-refractivity contribution is 0.816. The molecule has 0 radical (unpaired) electrons. The van der Waals surface area contributed by atoms with Crippen molar-refractivity contribution in [2.75, 3.05) is 0 Å². The summed E-state index contributed by atoms with van der Waals surface area (Å²) in [6.45, 7) is 16.8. The van der Waals surface area contributed by atoms with Gasteiger partial charge in [0.1, 0.15) is 16.5 Å². The van der Waals surface area contributed by atoms with E-state index in [1.54, 1.807) is 0 Å². The first kappa shape index (κ1) is 14.0. The standard InChI is InChI=1S/C11H27NSi2/c1-8-9-10-11-12(13(2,3)4)14(5,6)7/h10-11H,8-9H2,1-7H3/b11-10+. The Balaban J connectivity index is 4.59. The lowest BCUT2D eigenvalue weighted by Crippen LogP contribution is -2.55. The zero-order chi connectivity index (χ0) is 11.4. The molecule has 0 fully saturated rings. The summed E-state index contributed by atoms with van der Waals surface area (Å²) in [5, 5.41) is 0. The summed E-state index contributed by atoms with van der Waals surface area (Å²) >= 11 is 0. The summed E-state index contributed by atoms with van der Waals surface area (Å²) in [7, 11) is -2.33. The van der Waals surface area contributed by atoms with E-state index in [1.807, 2.05) is 0 Å². The van der Waals surface area contributed by atoms with Crippen molar-refractivity contribution in [3.8, 4) is 0 Å². The Bertz CT molecular complexity index is 172. The van der Waals surface area contributed by atoms with Gasteiger partial charge in [-0.3, -0.25) is 0 Å². The van der Waals surface area contributed by atoms with E-state index in [4.69, 9.17) is 0 Å². The second-order valence-corrected chi connectivity index (χ2v) is 16.0. The zero-order valence-corrected chi connectivity index (χ0v) is 13.0. The van der Waals surface area contributed by atoms with Gasteiger partial charge in [-0.05, 0) is 12.6 Å². The first-order valence-corrected chi connectivity index (χ1v) is 12.5. The number of hydrogen-bond donors (Lipinski definition) is 0. The van der Waals surface area contributed by atoms with Crippen molar-refractivity contribution in [3.63, 3.8) is 0 Å². The molecule has 0 aliphatic carbocycles. The third-order valence-corrected chi connectivity index (χ3v) is 9.37. The fourth-order valence-corrected chi connectivity index (χ4v) is 11.0. The lowest BCUT2D eigenvalue weighted by Gasteiger charge is -2.43. The molecule has 0 amide bonds. The van der Waals surface area contributed by atoms with Crippen LogP contribution in [0.3, 0.4) is 0 Å². The predicted octanol–water partition coefficient (Wildman–Crippen LogP) is 4.27. The Morgan fingerprint density at radius 1 is 0.929 bits per heavy atom. The molecule has 1 nitrogen and oxygen atoms in total. The van der Waals surface area contributed by atoms with Crippen LogP contribution in [-0.4, -0.2) is 20.7 Å². The molecule has 0 unspecified atom stereocenters. The van der Waals surface area contributed by atoms with Gasteiger partial charge in [0.15, 0.2) is 0 Å². The normalized spacial score (nSPS) is 13.6. The highest BCUT2D eigenvalue weighted by atomic mass is 28.4. The van der Waals surface area contributed by atoms with Crippen molar-refractivity contribution >= 4 is 16.5 Å². The minimum atomic E-state index is -1.16. The third kappa shape index (κ3) is 5.00. The van der Waals surface area contributed by atoms with Gasteiger partial charge in [0.25, 0.3) is 0 Å². The van der Waals surface area contributed by atoms with Gasteiger partial charge in [-0.25, -0.2) is 0 Å². The second kappa shape index (κ2) is 5.17. The predicted molar refractivity (Wildman–Crippen MR) is 72.6 cm³/mol. The monoisotopic (exact) mass is 229 g/mol. The van der Waals surface area contributed by atoms with Crippen LogP contribution in [0.1, 0.15) is 19.8 Å². The van der Waals surface area contributed by atoms with Crippen LogP contribution in [0.4, 0.5) is 0 Å². The first-order valence-electron chi connectivity index (χ1n) is 5.65. The number of allylic oxidation sites excluding steroid dienone is 1. The van der Waals surface area contributed by atoms with Crippen LogP contribution in [0.2, 0.25) is 39.3 Å². The van der Waals surface area contributed by atoms with Crippen LogP contribution < -0.4 is 0 Å². The van der Waals surface area contributed by atoms with Crippen molar-refractivity contribution in [1.29, 1.82) is 0 Å². The van der Waals surface area contributed by atoms with Crippen LogP contribution in [0.5, 0.6) is 0 Å². The number of unbranched alkanes of at least 4 members (excludes halogenated alkanes) is 1. The molecule has 0 N–H and O–H groups in total. The zero-order valence-electron chi connectivity index (χ0n) is 11.0. The SMILES string of the molecule is CCC/C=C/N([Si](C)(C)C)[Si](C)(C)C. The van der Waals surface area contributed by atoms with Gasteiger partial charge in [-0.15, -0.1) is 0 Å². The average molecular weight is 230 g/mol. The quantitative estimate of drug-likeness (QED) is 0.636. The molecule has 0 bridgehead atoms. The molecule has 0 saturated heterocycles. The molecule has 0 aromatic carbocycles. The van der Waals surface area contributed by atoms with E-state index in [2.05, 4.69) is 62.7 Å². The molecular formula is C11H27NSi2. The number of hydrogen-bond acceptors (Lipinski definition) is 1. The Morgan fingerprint density at radius 2 is 1.36 bits per heavy atom. The van der Waals surface area contributed by atoms with Crippen LogP contribution >= 0.6 is 0 Å². The van der Waals surface area contributed by atoms with Gasteiger partial charge in [0.2, 0.25) is 0 Å². The van der Waals surface area contributed by atoms with Gasteiger partial charge in [0.05, 0.1) is 0 Å².